The van der Waals surface area contributed by atoms with Gasteiger partial charge < -0.3 is 15.2 Å². The van der Waals surface area contributed by atoms with Gasteiger partial charge in [0.15, 0.2) is 0 Å². The molecule has 0 aromatic heterocycles. The number of carbonyl (C=O) groups is 1. The number of carbonyl (C=O) groups excluding carboxylic acids is 1. The Labute approximate surface area is 138 Å². The van der Waals surface area contributed by atoms with Gasteiger partial charge in [0.1, 0.15) is 5.75 Å². The Balaban J connectivity index is 1.95. The Morgan fingerprint density at radius 2 is 2.00 bits per heavy atom. The first-order valence-electron chi connectivity index (χ1n) is 8.32. The lowest BCUT2D eigenvalue weighted by Gasteiger charge is -2.40. The number of aliphatic hydroxyl groups excluding tert-OH is 1. The number of amides is 1. The van der Waals surface area contributed by atoms with E-state index in [2.05, 4.69) is 26.1 Å². The van der Waals surface area contributed by atoms with E-state index in [9.17, 15) is 9.90 Å². The van der Waals surface area contributed by atoms with Crippen molar-refractivity contribution < 1.29 is 14.6 Å². The van der Waals surface area contributed by atoms with Crippen molar-refractivity contribution >= 4 is 11.6 Å². The molecule has 126 valence electrons. The largest absolute Gasteiger partial charge is 0.495 e. The lowest BCUT2D eigenvalue weighted by Crippen LogP contribution is -2.43. The highest BCUT2D eigenvalue weighted by atomic mass is 16.5. The van der Waals surface area contributed by atoms with Gasteiger partial charge in [0.05, 0.1) is 24.3 Å². The number of rotatable bonds is 3. The highest BCUT2D eigenvalue weighted by Gasteiger charge is 2.72. The van der Waals surface area contributed by atoms with E-state index in [-0.39, 0.29) is 16.7 Å². The second-order valence-electron chi connectivity index (χ2n) is 8.00. The van der Waals surface area contributed by atoms with Gasteiger partial charge in [0.25, 0.3) is 0 Å². The number of hydrogen-bond donors (Lipinski definition) is 2. The highest BCUT2D eigenvalue weighted by Crippen LogP contribution is 2.72. The van der Waals surface area contributed by atoms with Gasteiger partial charge in [-0.2, -0.15) is 0 Å². The molecule has 0 radical (unpaired) electrons. The molecule has 4 heteroatoms. The molecule has 0 aliphatic heterocycles. The molecule has 23 heavy (non-hydrogen) atoms. The number of ether oxygens (including phenoxy) is 1. The fourth-order valence-electron chi connectivity index (χ4n) is 4.79. The van der Waals surface area contributed by atoms with E-state index in [4.69, 9.17) is 4.74 Å². The van der Waals surface area contributed by atoms with Crippen LogP contribution in [0.15, 0.2) is 18.2 Å². The molecule has 2 saturated carbocycles. The monoisotopic (exact) mass is 317 g/mol. The molecular weight excluding hydrogens is 290 g/mol. The summed E-state index contributed by atoms with van der Waals surface area (Å²) in [4.78, 5) is 13.2. The topological polar surface area (TPSA) is 58.6 Å². The van der Waals surface area contributed by atoms with Crippen molar-refractivity contribution in [3.63, 3.8) is 0 Å². The van der Waals surface area contributed by atoms with Crippen LogP contribution in [0.2, 0.25) is 0 Å². The van der Waals surface area contributed by atoms with Gasteiger partial charge in [-0.05, 0) is 54.7 Å². The Morgan fingerprint density at radius 3 is 2.52 bits per heavy atom. The number of aliphatic hydroxyl groups is 1. The van der Waals surface area contributed by atoms with Crippen molar-refractivity contribution in [2.45, 2.75) is 53.1 Å². The predicted octanol–water partition coefficient (Wildman–Crippen LogP) is 3.52. The lowest BCUT2D eigenvalue weighted by atomic mass is 9.64. The molecule has 1 aromatic rings. The number of benzene rings is 1. The molecule has 2 bridgehead atoms. The fraction of sp³-hybridized carbons (Fsp3) is 0.632. The smallest absolute Gasteiger partial charge is 0.231 e. The predicted molar refractivity (Wildman–Crippen MR) is 90.5 cm³/mol. The van der Waals surface area contributed by atoms with Crippen LogP contribution in [0.4, 0.5) is 5.69 Å². The summed E-state index contributed by atoms with van der Waals surface area (Å²) in [5.41, 5.74) is 0.829. The summed E-state index contributed by atoms with van der Waals surface area (Å²) in [5.74, 6) is 0.670. The van der Waals surface area contributed by atoms with E-state index >= 15 is 0 Å². The molecule has 1 aromatic carbocycles. The van der Waals surface area contributed by atoms with Crippen molar-refractivity contribution in [3.8, 4) is 5.75 Å². The zero-order valence-corrected chi connectivity index (χ0v) is 14.7. The van der Waals surface area contributed by atoms with E-state index in [1.54, 1.807) is 7.11 Å². The van der Waals surface area contributed by atoms with Gasteiger partial charge in [-0.15, -0.1) is 0 Å². The summed E-state index contributed by atoms with van der Waals surface area (Å²) < 4.78 is 5.37. The average molecular weight is 317 g/mol. The van der Waals surface area contributed by atoms with Gasteiger partial charge in [0, 0.05) is 0 Å². The minimum absolute atomic E-state index is 0.00618. The quantitative estimate of drug-likeness (QED) is 0.897. The minimum atomic E-state index is -0.518. The van der Waals surface area contributed by atoms with Crippen LogP contribution in [0, 0.1) is 23.2 Å². The summed E-state index contributed by atoms with van der Waals surface area (Å²) in [7, 11) is 1.61. The molecule has 0 spiro atoms. The fourth-order valence-corrected chi connectivity index (χ4v) is 4.79. The van der Waals surface area contributed by atoms with Gasteiger partial charge in [-0.1, -0.05) is 26.8 Å². The van der Waals surface area contributed by atoms with Crippen LogP contribution in [0.5, 0.6) is 5.75 Å². The molecule has 3 unspecified atom stereocenters. The van der Waals surface area contributed by atoms with Crippen LogP contribution < -0.4 is 10.1 Å². The Bertz CT molecular complexity index is 654. The van der Waals surface area contributed by atoms with E-state index in [0.717, 1.165) is 18.4 Å². The maximum atomic E-state index is 13.2. The molecule has 0 saturated heterocycles. The molecule has 2 fully saturated rings. The molecular formula is C19H27NO3. The van der Waals surface area contributed by atoms with E-state index < -0.39 is 11.5 Å². The summed E-state index contributed by atoms with van der Waals surface area (Å²) in [5, 5.41) is 13.6. The van der Waals surface area contributed by atoms with E-state index in [1.165, 1.54) is 0 Å². The zero-order valence-electron chi connectivity index (χ0n) is 14.7. The SMILES string of the molecule is COc1ccc(C)cc1NC(=O)C12CCC(C)(C(O)C1)C2(C)C. The first-order chi connectivity index (χ1) is 10.7. The number of nitrogens with one attached hydrogen (secondary N) is 1. The average Bonchev–Trinajstić information content (AvgIpc) is 2.78. The lowest BCUT2D eigenvalue weighted by molar-refractivity contribution is -0.130. The molecule has 2 aliphatic carbocycles. The van der Waals surface area contributed by atoms with Crippen molar-refractivity contribution in [2.75, 3.05) is 12.4 Å². The van der Waals surface area contributed by atoms with Crippen LogP contribution >= 0.6 is 0 Å². The minimum Gasteiger partial charge on any atom is -0.495 e. The van der Waals surface area contributed by atoms with Crippen LogP contribution in [0.25, 0.3) is 0 Å². The maximum absolute atomic E-state index is 13.2. The maximum Gasteiger partial charge on any atom is 0.231 e. The van der Waals surface area contributed by atoms with E-state index in [0.29, 0.717) is 17.9 Å². The first-order valence-corrected chi connectivity index (χ1v) is 8.32. The van der Waals surface area contributed by atoms with Gasteiger partial charge in [-0.3, -0.25) is 4.79 Å². The van der Waals surface area contributed by atoms with Crippen molar-refractivity contribution in [1.82, 2.24) is 0 Å². The van der Waals surface area contributed by atoms with Gasteiger partial charge in [-0.25, -0.2) is 0 Å². The molecule has 0 heterocycles. The number of hydrogen-bond acceptors (Lipinski definition) is 3. The standard InChI is InChI=1S/C19H27NO3/c1-12-6-7-14(23-5)13(10-12)20-16(22)19-9-8-18(4,15(21)11-19)17(19,2)3/h6-7,10,15,21H,8-9,11H2,1-5H3,(H,20,22). The van der Waals surface area contributed by atoms with Crippen LogP contribution in [-0.2, 0) is 4.79 Å². The number of fused-ring (bicyclic) bond motifs is 2. The number of aryl methyl sites for hydroxylation is 1. The van der Waals surface area contributed by atoms with Gasteiger partial charge in [0.2, 0.25) is 5.91 Å². The van der Waals surface area contributed by atoms with Crippen LogP contribution in [0.3, 0.4) is 0 Å². The molecule has 3 rings (SSSR count). The van der Waals surface area contributed by atoms with Crippen molar-refractivity contribution in [3.05, 3.63) is 23.8 Å². The third-order valence-electron chi connectivity index (χ3n) is 7.01. The van der Waals surface area contributed by atoms with Crippen LogP contribution in [0.1, 0.15) is 45.6 Å². The van der Waals surface area contributed by atoms with Crippen molar-refractivity contribution in [2.24, 2.45) is 16.2 Å². The molecule has 2 aliphatic rings. The van der Waals surface area contributed by atoms with Gasteiger partial charge >= 0.3 is 0 Å². The number of methoxy groups -OCH3 is 1. The van der Waals surface area contributed by atoms with E-state index in [1.807, 2.05) is 25.1 Å². The Kier molecular flexibility index (Phi) is 3.53. The second-order valence-corrected chi connectivity index (χ2v) is 8.00. The number of anilines is 1. The normalized spacial score (nSPS) is 34.4. The van der Waals surface area contributed by atoms with Crippen molar-refractivity contribution in [1.29, 1.82) is 0 Å². The summed E-state index contributed by atoms with van der Waals surface area (Å²) in [6.07, 6.45) is 1.83. The summed E-state index contributed by atoms with van der Waals surface area (Å²) in [6, 6.07) is 5.76. The Morgan fingerprint density at radius 1 is 1.30 bits per heavy atom. The van der Waals surface area contributed by atoms with Crippen LogP contribution in [-0.4, -0.2) is 24.2 Å². The molecule has 3 atom stereocenters. The third kappa shape index (κ3) is 1.97. The first kappa shape index (κ1) is 16.3. The summed E-state index contributed by atoms with van der Waals surface area (Å²) in [6.45, 7) is 8.36. The molecule has 1 amide bonds. The molecule has 4 nitrogen and oxygen atoms in total. The Hall–Kier alpha value is -1.55. The second kappa shape index (κ2) is 4.97. The highest BCUT2D eigenvalue weighted by molar-refractivity contribution is 5.98. The third-order valence-corrected chi connectivity index (χ3v) is 7.01. The molecule has 2 N–H and O–H groups in total. The summed E-state index contributed by atoms with van der Waals surface area (Å²) >= 11 is 0. The zero-order chi connectivity index (χ0) is 17.0.